The number of aryl methyl sites for hydroxylation is 1. The van der Waals surface area contributed by atoms with Gasteiger partial charge in [0.25, 0.3) is 5.91 Å². The lowest BCUT2D eigenvalue weighted by Gasteiger charge is -2.16. The van der Waals surface area contributed by atoms with Crippen LogP contribution in [0.15, 0.2) is 29.1 Å². The van der Waals surface area contributed by atoms with Crippen molar-refractivity contribution in [3.8, 4) is 0 Å². The van der Waals surface area contributed by atoms with Gasteiger partial charge in [-0.3, -0.25) is 9.59 Å². The van der Waals surface area contributed by atoms with Crippen molar-refractivity contribution < 1.29 is 9.90 Å². The quantitative estimate of drug-likeness (QED) is 0.836. The first-order valence-corrected chi connectivity index (χ1v) is 7.60. The Bertz CT molecular complexity index is 835. The third kappa shape index (κ3) is 1.96. The highest BCUT2D eigenvalue weighted by atomic mass is 16.3. The lowest BCUT2D eigenvalue weighted by molar-refractivity contribution is 0.0764. The van der Waals surface area contributed by atoms with Crippen molar-refractivity contribution in [2.45, 2.75) is 25.9 Å². The van der Waals surface area contributed by atoms with Crippen molar-refractivity contribution in [1.82, 2.24) is 9.88 Å². The molecule has 22 heavy (non-hydrogen) atoms. The van der Waals surface area contributed by atoms with Gasteiger partial charge >= 0.3 is 0 Å². The number of likely N-dealkylation sites (tertiary alicyclic amines) is 1. The second-order valence-electron chi connectivity index (χ2n) is 6.64. The van der Waals surface area contributed by atoms with Crippen LogP contribution in [0.3, 0.4) is 0 Å². The number of hydrogen-bond acceptors (Lipinski definition) is 3. The molecule has 0 bridgehead atoms. The first kappa shape index (κ1) is 13.5. The summed E-state index contributed by atoms with van der Waals surface area (Å²) in [4.78, 5) is 28.7. The number of rotatable bonds is 1. The monoisotopic (exact) mass is 298 g/mol. The van der Waals surface area contributed by atoms with E-state index >= 15 is 0 Å². The Kier molecular flexibility index (Phi) is 2.72. The Hall–Kier alpha value is -2.14. The minimum absolute atomic E-state index is 0.0442. The van der Waals surface area contributed by atoms with E-state index in [-0.39, 0.29) is 16.9 Å². The number of aliphatic hydroxyl groups is 1. The fourth-order valence-corrected chi connectivity index (χ4v) is 3.51. The number of benzene rings is 1. The van der Waals surface area contributed by atoms with Crippen LogP contribution in [0.4, 0.5) is 0 Å². The van der Waals surface area contributed by atoms with Gasteiger partial charge in [0.05, 0.1) is 6.10 Å². The van der Waals surface area contributed by atoms with Gasteiger partial charge in [0.2, 0.25) is 5.56 Å². The molecule has 4 rings (SSSR count). The molecule has 1 atom stereocenters. The summed E-state index contributed by atoms with van der Waals surface area (Å²) in [6.45, 7) is 2.92. The number of carbonyl (C=O) groups excluding carboxylic acids is 1. The summed E-state index contributed by atoms with van der Waals surface area (Å²) in [6.07, 6.45) is 1.60. The summed E-state index contributed by atoms with van der Waals surface area (Å²) in [5, 5.41) is 11.0. The zero-order valence-electron chi connectivity index (χ0n) is 12.4. The molecule has 5 nitrogen and oxygen atoms in total. The van der Waals surface area contributed by atoms with Gasteiger partial charge in [0, 0.05) is 41.0 Å². The maximum absolute atomic E-state index is 12.6. The summed E-state index contributed by atoms with van der Waals surface area (Å²) in [6, 6.07) is 6.95. The topological polar surface area (TPSA) is 73.4 Å². The normalized spacial score (nSPS) is 22.5. The molecule has 1 unspecified atom stereocenters. The van der Waals surface area contributed by atoms with Crippen LogP contribution in [0.1, 0.15) is 28.8 Å². The Labute approximate surface area is 127 Å². The minimum Gasteiger partial charge on any atom is -0.391 e. The molecule has 1 amide bonds. The van der Waals surface area contributed by atoms with Crippen LogP contribution in [0.5, 0.6) is 0 Å². The zero-order valence-corrected chi connectivity index (χ0v) is 12.4. The molecule has 1 aliphatic carbocycles. The van der Waals surface area contributed by atoms with Gasteiger partial charge < -0.3 is 15.0 Å². The third-order valence-electron chi connectivity index (χ3n) is 5.08. The van der Waals surface area contributed by atoms with Crippen molar-refractivity contribution in [3.05, 3.63) is 45.7 Å². The van der Waals surface area contributed by atoms with E-state index in [1.807, 2.05) is 13.0 Å². The lowest BCUT2D eigenvalue weighted by Crippen LogP contribution is -2.29. The highest BCUT2D eigenvalue weighted by molar-refractivity contribution is 5.98. The van der Waals surface area contributed by atoms with Crippen LogP contribution < -0.4 is 5.56 Å². The molecule has 1 saturated heterocycles. The first-order valence-electron chi connectivity index (χ1n) is 7.60. The highest BCUT2D eigenvalue weighted by Crippen LogP contribution is 2.52. The molecule has 2 heterocycles. The lowest BCUT2D eigenvalue weighted by atomic mass is 10.0. The number of aromatic nitrogens is 1. The van der Waals surface area contributed by atoms with E-state index in [1.54, 1.807) is 23.1 Å². The van der Waals surface area contributed by atoms with E-state index in [2.05, 4.69) is 4.98 Å². The first-order chi connectivity index (χ1) is 10.5. The second kappa shape index (κ2) is 4.43. The Morgan fingerprint density at radius 2 is 2.14 bits per heavy atom. The molecule has 1 aromatic heterocycles. The molecular weight excluding hydrogens is 280 g/mol. The number of nitrogens with zero attached hydrogens (tertiary/aromatic N) is 1. The van der Waals surface area contributed by atoms with E-state index < -0.39 is 6.10 Å². The maximum Gasteiger partial charge on any atom is 0.254 e. The number of β-amino-alcohol motifs (C(OH)–C–C–N with tert-alkyl or cyclic N) is 1. The number of carbonyl (C=O) groups is 1. The molecule has 114 valence electrons. The minimum atomic E-state index is -0.404. The van der Waals surface area contributed by atoms with Crippen LogP contribution >= 0.6 is 0 Å². The molecule has 2 fully saturated rings. The molecule has 5 heteroatoms. The number of amides is 1. The maximum atomic E-state index is 12.6. The van der Waals surface area contributed by atoms with Crippen molar-refractivity contribution in [3.63, 3.8) is 0 Å². The van der Waals surface area contributed by atoms with E-state index in [0.717, 1.165) is 23.8 Å². The average molecular weight is 298 g/mol. The fraction of sp³-hybridized carbons (Fsp3) is 0.412. The molecule has 1 aromatic carbocycles. The molecule has 1 aliphatic heterocycles. The highest BCUT2D eigenvalue weighted by Gasteiger charge is 2.55. The predicted molar refractivity (Wildman–Crippen MR) is 82.9 cm³/mol. The van der Waals surface area contributed by atoms with Gasteiger partial charge in [-0.05, 0) is 37.5 Å². The van der Waals surface area contributed by atoms with Crippen molar-refractivity contribution in [1.29, 1.82) is 0 Å². The van der Waals surface area contributed by atoms with Crippen molar-refractivity contribution in [2.24, 2.45) is 5.41 Å². The molecule has 1 spiro atoms. The van der Waals surface area contributed by atoms with Gasteiger partial charge in [0.1, 0.15) is 0 Å². The second-order valence-corrected chi connectivity index (χ2v) is 6.64. The SMILES string of the molecule is Cc1cc(=O)[nH]c2cc(C(=O)N3CC(O)C4(CC4)C3)ccc12. The van der Waals surface area contributed by atoms with E-state index in [1.165, 1.54) is 0 Å². The van der Waals surface area contributed by atoms with Gasteiger partial charge in [0.15, 0.2) is 0 Å². The van der Waals surface area contributed by atoms with Crippen LogP contribution in [0.2, 0.25) is 0 Å². The van der Waals surface area contributed by atoms with Gasteiger partial charge in [-0.1, -0.05) is 6.07 Å². The molecule has 2 aromatic rings. The zero-order chi connectivity index (χ0) is 15.5. The van der Waals surface area contributed by atoms with Gasteiger partial charge in [-0.25, -0.2) is 0 Å². The summed E-state index contributed by atoms with van der Waals surface area (Å²) in [5.74, 6) is -0.0768. The van der Waals surface area contributed by atoms with Crippen LogP contribution in [0, 0.1) is 12.3 Å². The molecule has 1 saturated carbocycles. The largest absolute Gasteiger partial charge is 0.391 e. The van der Waals surface area contributed by atoms with Crippen LogP contribution in [0.25, 0.3) is 10.9 Å². The number of aromatic amines is 1. The van der Waals surface area contributed by atoms with Gasteiger partial charge in [-0.2, -0.15) is 0 Å². The summed E-state index contributed by atoms with van der Waals surface area (Å²) < 4.78 is 0. The fourth-order valence-electron chi connectivity index (χ4n) is 3.51. The summed E-state index contributed by atoms with van der Waals surface area (Å²) >= 11 is 0. The molecular formula is C17H18N2O3. The van der Waals surface area contributed by atoms with E-state index in [9.17, 15) is 14.7 Å². The third-order valence-corrected chi connectivity index (χ3v) is 5.08. The Morgan fingerprint density at radius 1 is 1.36 bits per heavy atom. The van der Waals surface area contributed by atoms with E-state index in [4.69, 9.17) is 0 Å². The number of hydrogen-bond donors (Lipinski definition) is 2. The standard InChI is InChI=1S/C17H18N2O3/c1-10-6-15(21)18-13-7-11(2-3-12(10)13)16(22)19-8-14(20)17(9-19)4-5-17/h2-3,6-7,14,20H,4-5,8-9H2,1H3,(H,18,21). The summed E-state index contributed by atoms with van der Waals surface area (Å²) in [7, 11) is 0. The van der Waals surface area contributed by atoms with Crippen molar-refractivity contribution in [2.75, 3.05) is 13.1 Å². The van der Waals surface area contributed by atoms with Crippen LogP contribution in [-0.2, 0) is 0 Å². The molecule has 2 N–H and O–H groups in total. The number of fused-ring (bicyclic) bond motifs is 1. The Morgan fingerprint density at radius 3 is 2.82 bits per heavy atom. The average Bonchev–Trinajstić information content (AvgIpc) is 3.18. The van der Waals surface area contributed by atoms with E-state index in [0.29, 0.717) is 24.2 Å². The smallest absolute Gasteiger partial charge is 0.254 e. The summed E-state index contributed by atoms with van der Waals surface area (Å²) in [5.41, 5.74) is 1.92. The van der Waals surface area contributed by atoms with Crippen molar-refractivity contribution >= 4 is 16.8 Å². The number of nitrogens with one attached hydrogen (secondary N) is 1. The van der Waals surface area contributed by atoms with Gasteiger partial charge in [-0.15, -0.1) is 0 Å². The number of aliphatic hydroxyl groups excluding tert-OH is 1. The number of pyridine rings is 1. The molecule has 0 radical (unpaired) electrons. The molecule has 2 aliphatic rings. The Balaban J connectivity index is 1.69. The predicted octanol–water partition coefficient (Wildman–Crippen LogP) is 1.43. The number of H-pyrrole nitrogens is 1. The van der Waals surface area contributed by atoms with Crippen LogP contribution in [-0.4, -0.2) is 40.1 Å².